The van der Waals surface area contributed by atoms with Gasteiger partial charge in [-0.1, -0.05) is 6.07 Å². The zero-order chi connectivity index (χ0) is 13.9. The molecule has 1 heterocycles. The zero-order valence-corrected chi connectivity index (χ0v) is 10.3. The van der Waals surface area contributed by atoms with Crippen molar-refractivity contribution in [1.82, 2.24) is 9.82 Å². The molecule has 2 aromatic rings. The average Bonchev–Trinajstić information content (AvgIpc) is 2.37. The molecular formula is C11H9F2N3O2S. The monoisotopic (exact) mass is 285 g/mol. The maximum atomic E-state index is 13.4. The molecule has 2 rings (SSSR count). The first kappa shape index (κ1) is 13.4. The van der Waals surface area contributed by atoms with E-state index < -0.39 is 26.6 Å². The molecule has 0 bridgehead atoms. The van der Waals surface area contributed by atoms with Crippen LogP contribution in [0.4, 0.5) is 14.6 Å². The minimum atomic E-state index is -4.15. The summed E-state index contributed by atoms with van der Waals surface area (Å²) in [7, 11) is -4.15. The standard InChI is InChI=1S/C11H9F2N3O2S/c12-8-4-5-10(9(13)7-8)19(17,18)16-15-11-3-1-2-6-14-11/h1-7,16H,(H,14,15). The number of nitrogens with zero attached hydrogens (tertiary/aromatic N) is 1. The van der Waals surface area contributed by atoms with Crippen LogP contribution in [0.5, 0.6) is 0 Å². The number of aromatic nitrogens is 1. The van der Waals surface area contributed by atoms with Crippen LogP contribution in [-0.4, -0.2) is 13.4 Å². The molecule has 0 aliphatic heterocycles. The van der Waals surface area contributed by atoms with Crippen LogP contribution >= 0.6 is 0 Å². The number of hydrazine groups is 1. The molecule has 2 N–H and O–H groups in total. The van der Waals surface area contributed by atoms with Crippen LogP contribution < -0.4 is 10.3 Å². The number of benzene rings is 1. The van der Waals surface area contributed by atoms with E-state index in [-0.39, 0.29) is 5.82 Å². The van der Waals surface area contributed by atoms with Gasteiger partial charge in [0.2, 0.25) is 0 Å². The second kappa shape index (κ2) is 5.29. The van der Waals surface area contributed by atoms with Crippen LogP contribution in [0, 0.1) is 11.6 Å². The van der Waals surface area contributed by atoms with E-state index in [1.807, 2.05) is 4.83 Å². The lowest BCUT2D eigenvalue weighted by Gasteiger charge is -2.09. The third-order valence-corrected chi connectivity index (χ3v) is 3.44. The Balaban J connectivity index is 2.19. The second-order valence-corrected chi connectivity index (χ2v) is 5.17. The molecule has 8 heteroatoms. The van der Waals surface area contributed by atoms with E-state index in [1.54, 1.807) is 12.1 Å². The molecule has 1 aromatic carbocycles. The van der Waals surface area contributed by atoms with Crippen molar-refractivity contribution >= 4 is 15.8 Å². The highest BCUT2D eigenvalue weighted by Crippen LogP contribution is 2.15. The van der Waals surface area contributed by atoms with Crippen molar-refractivity contribution in [3.05, 3.63) is 54.2 Å². The normalized spacial score (nSPS) is 11.3. The van der Waals surface area contributed by atoms with Gasteiger partial charge < -0.3 is 0 Å². The summed E-state index contributed by atoms with van der Waals surface area (Å²) < 4.78 is 49.6. The summed E-state index contributed by atoms with van der Waals surface area (Å²) in [6.07, 6.45) is 1.45. The van der Waals surface area contributed by atoms with E-state index in [0.29, 0.717) is 6.07 Å². The molecule has 100 valence electrons. The molecule has 0 aliphatic rings. The molecule has 19 heavy (non-hydrogen) atoms. The number of pyridine rings is 1. The quantitative estimate of drug-likeness (QED) is 0.838. The Bertz CT molecular complexity index is 678. The molecule has 0 aliphatic carbocycles. The first-order valence-corrected chi connectivity index (χ1v) is 6.61. The molecule has 0 saturated heterocycles. The van der Waals surface area contributed by atoms with Gasteiger partial charge in [0.15, 0.2) is 0 Å². The molecule has 0 spiro atoms. The van der Waals surface area contributed by atoms with E-state index in [9.17, 15) is 17.2 Å². The predicted octanol–water partition coefficient (Wildman–Crippen LogP) is 1.67. The van der Waals surface area contributed by atoms with E-state index in [0.717, 1.165) is 12.1 Å². The highest BCUT2D eigenvalue weighted by molar-refractivity contribution is 7.89. The molecule has 0 unspecified atom stereocenters. The van der Waals surface area contributed by atoms with Crippen molar-refractivity contribution in [3.63, 3.8) is 0 Å². The summed E-state index contributed by atoms with van der Waals surface area (Å²) in [5.74, 6) is -1.78. The van der Waals surface area contributed by atoms with Gasteiger partial charge in [-0.05, 0) is 24.3 Å². The van der Waals surface area contributed by atoms with Crippen LogP contribution in [0.15, 0.2) is 47.5 Å². The van der Waals surface area contributed by atoms with Crippen molar-refractivity contribution in [3.8, 4) is 0 Å². The topological polar surface area (TPSA) is 71.1 Å². The number of anilines is 1. The molecule has 0 saturated carbocycles. The molecule has 0 amide bonds. The van der Waals surface area contributed by atoms with Crippen LogP contribution in [0.2, 0.25) is 0 Å². The SMILES string of the molecule is O=S(=O)(NNc1ccccn1)c1ccc(F)cc1F. The maximum absolute atomic E-state index is 13.4. The summed E-state index contributed by atoms with van der Waals surface area (Å²) in [6, 6.07) is 7.01. The Hall–Kier alpha value is -2.06. The number of nitrogens with one attached hydrogen (secondary N) is 2. The second-order valence-electron chi connectivity index (χ2n) is 3.52. The fourth-order valence-corrected chi connectivity index (χ4v) is 2.22. The first-order chi connectivity index (χ1) is 8.99. The molecule has 0 fully saturated rings. The van der Waals surface area contributed by atoms with Gasteiger partial charge in [-0.2, -0.15) is 0 Å². The Morgan fingerprint density at radius 2 is 1.89 bits per heavy atom. The molecule has 0 radical (unpaired) electrons. The molecule has 5 nitrogen and oxygen atoms in total. The van der Waals surface area contributed by atoms with E-state index in [1.165, 1.54) is 12.3 Å². The van der Waals surface area contributed by atoms with Gasteiger partial charge in [0.25, 0.3) is 10.0 Å². The fourth-order valence-electron chi connectivity index (χ4n) is 1.30. The maximum Gasteiger partial charge on any atom is 0.260 e. The third kappa shape index (κ3) is 3.24. The molecule has 0 atom stereocenters. The predicted molar refractivity (Wildman–Crippen MR) is 64.5 cm³/mol. The first-order valence-electron chi connectivity index (χ1n) is 5.13. The minimum absolute atomic E-state index is 0.244. The lowest BCUT2D eigenvalue weighted by molar-refractivity contribution is 0.545. The van der Waals surface area contributed by atoms with Crippen LogP contribution in [0.3, 0.4) is 0 Å². The van der Waals surface area contributed by atoms with E-state index >= 15 is 0 Å². The van der Waals surface area contributed by atoms with Crippen molar-refractivity contribution in [1.29, 1.82) is 0 Å². The summed E-state index contributed by atoms with van der Waals surface area (Å²) in [5, 5.41) is 0. The van der Waals surface area contributed by atoms with Crippen LogP contribution in [0.1, 0.15) is 0 Å². The molecular weight excluding hydrogens is 276 g/mol. The van der Waals surface area contributed by atoms with Gasteiger partial charge >= 0.3 is 0 Å². The highest BCUT2D eigenvalue weighted by atomic mass is 32.2. The number of halogens is 2. The van der Waals surface area contributed by atoms with Gasteiger partial charge in [0.05, 0.1) is 0 Å². The third-order valence-electron chi connectivity index (χ3n) is 2.16. The smallest absolute Gasteiger partial charge is 0.260 e. The summed E-state index contributed by atoms with van der Waals surface area (Å²) in [6.45, 7) is 0. The van der Waals surface area contributed by atoms with Gasteiger partial charge in [0.1, 0.15) is 22.3 Å². The van der Waals surface area contributed by atoms with Gasteiger partial charge in [0, 0.05) is 12.3 Å². The number of hydrogen-bond acceptors (Lipinski definition) is 4. The lowest BCUT2D eigenvalue weighted by atomic mass is 10.3. The van der Waals surface area contributed by atoms with Gasteiger partial charge in [-0.3, -0.25) is 5.43 Å². The van der Waals surface area contributed by atoms with E-state index in [4.69, 9.17) is 0 Å². The lowest BCUT2D eigenvalue weighted by Crippen LogP contribution is -2.30. The van der Waals surface area contributed by atoms with Gasteiger partial charge in [-0.25, -0.2) is 22.2 Å². The Morgan fingerprint density at radius 3 is 2.53 bits per heavy atom. The highest BCUT2D eigenvalue weighted by Gasteiger charge is 2.19. The van der Waals surface area contributed by atoms with Crippen LogP contribution in [-0.2, 0) is 10.0 Å². The Kier molecular flexibility index (Phi) is 3.72. The number of sulfonamides is 1. The Labute approximate surface area is 108 Å². The Morgan fingerprint density at radius 1 is 1.11 bits per heavy atom. The average molecular weight is 285 g/mol. The van der Waals surface area contributed by atoms with Crippen molar-refractivity contribution < 1.29 is 17.2 Å². The van der Waals surface area contributed by atoms with Crippen molar-refractivity contribution in [2.75, 3.05) is 5.43 Å². The van der Waals surface area contributed by atoms with Crippen molar-refractivity contribution in [2.45, 2.75) is 4.90 Å². The van der Waals surface area contributed by atoms with Crippen LogP contribution in [0.25, 0.3) is 0 Å². The number of hydrogen-bond donors (Lipinski definition) is 2. The minimum Gasteiger partial charge on any atom is -0.292 e. The summed E-state index contributed by atoms with van der Waals surface area (Å²) in [4.78, 5) is 5.11. The number of rotatable bonds is 4. The van der Waals surface area contributed by atoms with Crippen molar-refractivity contribution in [2.24, 2.45) is 0 Å². The molecule has 1 aromatic heterocycles. The fraction of sp³-hybridized carbons (Fsp3) is 0. The summed E-state index contributed by atoms with van der Waals surface area (Å²) >= 11 is 0. The van der Waals surface area contributed by atoms with Gasteiger partial charge in [-0.15, -0.1) is 4.83 Å². The van der Waals surface area contributed by atoms with E-state index in [2.05, 4.69) is 10.4 Å². The largest absolute Gasteiger partial charge is 0.292 e. The zero-order valence-electron chi connectivity index (χ0n) is 9.47. The summed E-state index contributed by atoms with van der Waals surface area (Å²) in [5.41, 5.74) is 2.32.